The highest BCUT2D eigenvalue weighted by molar-refractivity contribution is 7.92. The fraction of sp³-hybridized carbons (Fsp3) is 0.286. The van der Waals surface area contributed by atoms with Gasteiger partial charge < -0.3 is 10.1 Å². The van der Waals surface area contributed by atoms with Crippen LogP contribution in [0.15, 0.2) is 53.7 Å². The zero-order chi connectivity index (χ0) is 21.7. The molecular formula is C21H24N4O4S. The molecular weight excluding hydrogens is 404 g/mol. The third-order valence-electron chi connectivity index (χ3n) is 4.41. The summed E-state index contributed by atoms with van der Waals surface area (Å²) >= 11 is 0. The van der Waals surface area contributed by atoms with Crippen molar-refractivity contribution in [2.24, 2.45) is 0 Å². The molecule has 1 heterocycles. The topological polar surface area (TPSA) is 103 Å². The Bertz CT molecular complexity index is 1160. The highest BCUT2D eigenvalue weighted by atomic mass is 32.2. The molecule has 0 aliphatic carbocycles. The number of aromatic nitrogens is 3. The molecule has 0 bridgehead atoms. The van der Waals surface area contributed by atoms with Crippen molar-refractivity contribution >= 4 is 21.4 Å². The predicted octanol–water partition coefficient (Wildman–Crippen LogP) is 2.62. The van der Waals surface area contributed by atoms with Crippen LogP contribution < -0.4 is 5.32 Å². The van der Waals surface area contributed by atoms with Crippen molar-refractivity contribution < 1.29 is 17.9 Å². The van der Waals surface area contributed by atoms with Crippen molar-refractivity contribution in [3.8, 4) is 11.4 Å². The van der Waals surface area contributed by atoms with Gasteiger partial charge in [0.1, 0.15) is 5.75 Å². The molecule has 1 N–H and O–H groups in total. The van der Waals surface area contributed by atoms with Crippen LogP contribution in [-0.4, -0.2) is 48.6 Å². The molecule has 8 nitrogen and oxygen atoms in total. The fourth-order valence-electron chi connectivity index (χ4n) is 3.06. The van der Waals surface area contributed by atoms with Gasteiger partial charge in [0, 0.05) is 18.4 Å². The number of amides is 1. The number of aryl methyl sites for hydroxylation is 2. The zero-order valence-electron chi connectivity index (χ0n) is 17.1. The molecule has 3 rings (SSSR count). The van der Waals surface area contributed by atoms with E-state index in [0.717, 1.165) is 16.7 Å². The van der Waals surface area contributed by atoms with Gasteiger partial charge in [0.05, 0.1) is 13.2 Å². The van der Waals surface area contributed by atoms with Crippen molar-refractivity contribution in [1.29, 1.82) is 0 Å². The van der Waals surface area contributed by atoms with E-state index in [1.54, 1.807) is 18.2 Å². The van der Waals surface area contributed by atoms with Crippen LogP contribution in [-0.2, 0) is 25.9 Å². The van der Waals surface area contributed by atoms with Crippen molar-refractivity contribution in [3.05, 3.63) is 59.7 Å². The van der Waals surface area contributed by atoms with Crippen molar-refractivity contribution in [3.63, 3.8) is 0 Å². The van der Waals surface area contributed by atoms with Gasteiger partial charge in [-0.05, 0) is 37.6 Å². The number of hydrogen-bond donors (Lipinski definition) is 1. The first-order valence-electron chi connectivity index (χ1n) is 9.38. The Labute approximate surface area is 175 Å². The number of nitrogens with zero attached hydrogens (tertiary/aromatic N) is 3. The summed E-state index contributed by atoms with van der Waals surface area (Å²) in [6.07, 6.45) is 0. The number of carbonyl (C=O) groups excluding carboxylic acids is 1. The molecule has 30 heavy (non-hydrogen) atoms. The third-order valence-corrected chi connectivity index (χ3v) is 5.91. The van der Waals surface area contributed by atoms with Gasteiger partial charge in [-0.3, -0.25) is 9.36 Å². The Kier molecular flexibility index (Phi) is 6.63. The molecule has 0 saturated heterocycles. The molecule has 0 unspecified atom stereocenters. The molecule has 1 aromatic heterocycles. The minimum absolute atomic E-state index is 0.237. The molecule has 0 aliphatic rings. The minimum atomic E-state index is -4.03. The maximum absolute atomic E-state index is 13.0. The molecule has 0 saturated carbocycles. The number of methoxy groups -OCH3 is 1. The van der Waals surface area contributed by atoms with E-state index >= 15 is 0 Å². The molecule has 1 amide bonds. The zero-order valence-corrected chi connectivity index (χ0v) is 17.9. The number of anilines is 1. The van der Waals surface area contributed by atoms with E-state index in [0.29, 0.717) is 11.5 Å². The van der Waals surface area contributed by atoms with Gasteiger partial charge in [0.2, 0.25) is 15.7 Å². The normalized spacial score (nSPS) is 11.4. The van der Waals surface area contributed by atoms with Crippen LogP contribution in [0.1, 0.15) is 11.1 Å². The van der Waals surface area contributed by atoms with E-state index < -0.39 is 21.5 Å². The van der Waals surface area contributed by atoms with Crippen LogP contribution in [0, 0.1) is 13.8 Å². The molecule has 0 spiro atoms. The average molecular weight is 429 g/mol. The summed E-state index contributed by atoms with van der Waals surface area (Å²) in [5, 5.41) is 10.4. The largest absolute Gasteiger partial charge is 0.383 e. The second kappa shape index (κ2) is 9.19. The molecule has 0 aliphatic heterocycles. The maximum atomic E-state index is 13.0. The highest BCUT2D eigenvalue weighted by Crippen LogP contribution is 2.22. The smallest absolute Gasteiger partial charge is 0.250 e. The van der Waals surface area contributed by atoms with Crippen molar-refractivity contribution in [2.75, 3.05) is 24.8 Å². The van der Waals surface area contributed by atoms with Crippen LogP contribution in [0.2, 0.25) is 0 Å². The first-order chi connectivity index (χ1) is 14.3. The first-order valence-corrected chi connectivity index (χ1v) is 11.0. The summed E-state index contributed by atoms with van der Waals surface area (Å²) in [7, 11) is -2.50. The Balaban J connectivity index is 1.90. The van der Waals surface area contributed by atoms with Crippen LogP contribution >= 0.6 is 0 Å². The Hall–Kier alpha value is -3.04. The summed E-state index contributed by atoms with van der Waals surface area (Å²) in [6.45, 7) is 4.33. The van der Waals surface area contributed by atoms with Crippen LogP contribution in [0.3, 0.4) is 0 Å². The lowest BCUT2D eigenvalue weighted by molar-refractivity contribution is -0.113. The summed E-state index contributed by atoms with van der Waals surface area (Å²) in [4.78, 5) is 12.4. The van der Waals surface area contributed by atoms with E-state index in [1.165, 1.54) is 11.7 Å². The number of carbonyl (C=O) groups is 1. The number of hydrogen-bond acceptors (Lipinski definition) is 6. The number of nitrogens with one attached hydrogen (secondary N) is 1. The minimum Gasteiger partial charge on any atom is -0.383 e. The Morgan fingerprint density at radius 3 is 2.43 bits per heavy atom. The highest BCUT2D eigenvalue weighted by Gasteiger charge is 2.28. The quantitative estimate of drug-likeness (QED) is 0.592. The molecule has 9 heteroatoms. The fourth-order valence-corrected chi connectivity index (χ4v) is 4.28. The number of benzene rings is 2. The Morgan fingerprint density at radius 2 is 1.77 bits per heavy atom. The summed E-state index contributed by atoms with van der Waals surface area (Å²) in [5.41, 5.74) is 3.24. The van der Waals surface area contributed by atoms with E-state index in [1.807, 2.05) is 44.2 Å². The predicted molar refractivity (Wildman–Crippen MR) is 114 cm³/mol. The molecule has 2 aromatic carbocycles. The second-order valence-electron chi connectivity index (χ2n) is 7.00. The van der Waals surface area contributed by atoms with Gasteiger partial charge in [-0.1, -0.05) is 35.9 Å². The lowest BCUT2D eigenvalue weighted by Gasteiger charge is -2.11. The molecule has 0 radical (unpaired) electrons. The maximum Gasteiger partial charge on any atom is 0.250 e. The molecule has 0 atom stereocenters. The summed E-state index contributed by atoms with van der Waals surface area (Å²) in [6, 6.07) is 14.7. The van der Waals surface area contributed by atoms with Crippen molar-refractivity contribution in [2.45, 2.75) is 25.5 Å². The van der Waals surface area contributed by atoms with E-state index in [2.05, 4.69) is 15.5 Å². The second-order valence-corrected chi connectivity index (χ2v) is 8.88. The number of rotatable bonds is 8. The van der Waals surface area contributed by atoms with Gasteiger partial charge in [0.25, 0.3) is 5.16 Å². The van der Waals surface area contributed by atoms with Crippen molar-refractivity contribution in [1.82, 2.24) is 14.8 Å². The summed E-state index contributed by atoms with van der Waals surface area (Å²) < 4.78 is 32.5. The summed E-state index contributed by atoms with van der Waals surface area (Å²) in [5.74, 6) is -0.965. The molecule has 158 valence electrons. The Morgan fingerprint density at radius 1 is 1.07 bits per heavy atom. The average Bonchev–Trinajstić information content (AvgIpc) is 3.10. The monoisotopic (exact) mass is 428 g/mol. The van der Waals surface area contributed by atoms with Gasteiger partial charge in [-0.2, -0.15) is 0 Å². The first kappa shape index (κ1) is 21.7. The third kappa shape index (κ3) is 5.11. The van der Waals surface area contributed by atoms with Crippen LogP contribution in [0.5, 0.6) is 0 Å². The molecule has 0 fully saturated rings. The van der Waals surface area contributed by atoms with Gasteiger partial charge >= 0.3 is 0 Å². The van der Waals surface area contributed by atoms with E-state index in [4.69, 9.17) is 4.74 Å². The van der Waals surface area contributed by atoms with Gasteiger partial charge in [0.15, 0.2) is 5.82 Å². The van der Waals surface area contributed by atoms with Crippen LogP contribution in [0.4, 0.5) is 5.69 Å². The van der Waals surface area contributed by atoms with Gasteiger partial charge in [-0.15, -0.1) is 10.2 Å². The van der Waals surface area contributed by atoms with E-state index in [9.17, 15) is 13.2 Å². The van der Waals surface area contributed by atoms with Gasteiger partial charge in [-0.25, -0.2) is 8.42 Å². The lowest BCUT2D eigenvalue weighted by Crippen LogP contribution is -2.25. The SMILES string of the molecule is COCCn1c(-c2cccc(C)c2)nnc1S(=O)(=O)CC(=O)Nc1cccc(C)c1. The standard InChI is InChI=1S/C21H24N4O4S/c1-15-6-4-8-17(12-15)20-23-24-21(25(20)10-11-29-3)30(27,28)14-19(26)22-18-9-5-7-16(2)13-18/h4-9,12-13H,10-11,14H2,1-3H3,(H,22,26). The van der Waals surface area contributed by atoms with E-state index in [-0.39, 0.29) is 18.3 Å². The van der Waals surface area contributed by atoms with Crippen LogP contribution in [0.25, 0.3) is 11.4 Å². The lowest BCUT2D eigenvalue weighted by atomic mass is 10.1. The number of sulfone groups is 1. The molecule has 3 aromatic rings. The number of ether oxygens (including phenoxy) is 1.